The Morgan fingerprint density at radius 2 is 1.38 bits per heavy atom. The van der Waals surface area contributed by atoms with Crippen molar-refractivity contribution in [2.24, 2.45) is 39.6 Å². The highest BCUT2D eigenvalue weighted by molar-refractivity contribution is 5.75. The normalized spacial score (nSPS) is 11.8. The van der Waals surface area contributed by atoms with Crippen molar-refractivity contribution in [2.75, 3.05) is 13.1 Å². The van der Waals surface area contributed by atoms with Gasteiger partial charge in [-0.1, -0.05) is 13.8 Å². The van der Waals surface area contributed by atoms with Crippen LogP contribution in [0, 0.1) is 5.92 Å². The summed E-state index contributed by atoms with van der Waals surface area (Å²) < 4.78 is 0. The first kappa shape index (κ1) is 28.4. The van der Waals surface area contributed by atoms with Gasteiger partial charge < -0.3 is 44.0 Å². The van der Waals surface area contributed by atoms with Crippen LogP contribution in [-0.4, -0.2) is 64.4 Å². The van der Waals surface area contributed by atoms with Gasteiger partial charge in [0.05, 0.1) is 6.54 Å². The smallest absolute Gasteiger partial charge is 0.320 e. The lowest BCUT2D eigenvalue weighted by molar-refractivity contribution is -0.139. The number of carboxylic acid groups (broad SMARTS) is 3. The van der Waals surface area contributed by atoms with E-state index in [1.165, 1.54) is 0 Å². The summed E-state index contributed by atoms with van der Waals surface area (Å²) >= 11 is 0. The minimum Gasteiger partial charge on any atom is -0.480 e. The van der Waals surface area contributed by atoms with Crippen molar-refractivity contribution < 1.29 is 29.7 Å². The highest BCUT2D eigenvalue weighted by Crippen LogP contribution is 2.01. The number of carbonyl (C=O) groups is 3. The van der Waals surface area contributed by atoms with Gasteiger partial charge in [0, 0.05) is 6.54 Å². The minimum atomic E-state index is -1.00. The summed E-state index contributed by atoms with van der Waals surface area (Å²) in [6, 6.07) is -1.51. The molecule has 12 heteroatoms. The van der Waals surface area contributed by atoms with E-state index in [0.717, 1.165) is 0 Å². The number of hydrogen-bond acceptors (Lipinski definition) is 7. The Morgan fingerprint density at radius 3 is 1.62 bits per heavy atom. The van der Waals surface area contributed by atoms with Crippen LogP contribution >= 0.6 is 0 Å². The third-order valence-corrected chi connectivity index (χ3v) is 2.50. The zero-order valence-corrected chi connectivity index (χ0v) is 15.2. The van der Waals surface area contributed by atoms with Crippen LogP contribution in [0.1, 0.15) is 33.1 Å². The highest BCUT2D eigenvalue weighted by atomic mass is 16.4. The third-order valence-electron chi connectivity index (χ3n) is 2.50. The van der Waals surface area contributed by atoms with Gasteiger partial charge in [-0.15, -0.1) is 0 Å². The van der Waals surface area contributed by atoms with Gasteiger partial charge in [-0.3, -0.25) is 19.4 Å². The zero-order valence-electron chi connectivity index (χ0n) is 15.2. The maximum absolute atomic E-state index is 10.2. The molecule has 2 atom stereocenters. The van der Waals surface area contributed by atoms with Gasteiger partial charge in [-0.2, -0.15) is 0 Å². The molecule has 0 aliphatic rings. The monoisotopic (exact) mass is 380 g/mol. The molecule has 0 saturated heterocycles. The molecule has 0 radical (unpaired) electrons. The van der Waals surface area contributed by atoms with E-state index in [1.807, 2.05) is 13.8 Å². The van der Waals surface area contributed by atoms with Crippen molar-refractivity contribution in [2.45, 2.75) is 45.2 Å². The molecule has 0 aliphatic carbocycles. The molecule has 0 bridgehead atoms. The first-order valence-corrected chi connectivity index (χ1v) is 7.79. The SMILES string of the molecule is CC(C)CC(N)C(=O)O.NC(N)=NCCCC(N)C(=O)O.NCC(=O)O. The second-order valence-corrected chi connectivity index (χ2v) is 5.57. The van der Waals surface area contributed by atoms with Gasteiger partial charge in [0.1, 0.15) is 12.1 Å². The van der Waals surface area contributed by atoms with Crippen LogP contribution in [0.3, 0.4) is 0 Å². The quantitative estimate of drug-likeness (QED) is 0.122. The molecule has 26 heavy (non-hydrogen) atoms. The van der Waals surface area contributed by atoms with Crippen LogP contribution < -0.4 is 28.7 Å². The summed E-state index contributed by atoms with van der Waals surface area (Å²) in [7, 11) is 0. The lowest BCUT2D eigenvalue weighted by atomic mass is 10.1. The van der Waals surface area contributed by atoms with Gasteiger partial charge in [-0.05, 0) is 25.2 Å². The molecular formula is C14H32N6O6. The van der Waals surface area contributed by atoms with Crippen LogP contribution in [0.5, 0.6) is 0 Å². The Bertz CT molecular complexity index is 440. The fraction of sp³-hybridized carbons (Fsp3) is 0.714. The van der Waals surface area contributed by atoms with Crippen molar-refractivity contribution in [3.8, 4) is 0 Å². The number of hydrogen-bond donors (Lipinski definition) is 8. The van der Waals surface area contributed by atoms with E-state index in [0.29, 0.717) is 31.7 Å². The van der Waals surface area contributed by atoms with Gasteiger partial charge in [-0.25, -0.2) is 0 Å². The maximum atomic E-state index is 10.2. The van der Waals surface area contributed by atoms with E-state index in [-0.39, 0.29) is 12.5 Å². The van der Waals surface area contributed by atoms with Crippen molar-refractivity contribution in [1.82, 2.24) is 0 Å². The van der Waals surface area contributed by atoms with Crippen LogP contribution in [0.2, 0.25) is 0 Å². The number of nitrogens with two attached hydrogens (primary N) is 5. The molecule has 12 nitrogen and oxygen atoms in total. The molecule has 13 N–H and O–H groups in total. The number of carboxylic acids is 3. The summed E-state index contributed by atoms with van der Waals surface area (Å²) in [5.41, 5.74) is 25.1. The maximum Gasteiger partial charge on any atom is 0.320 e. The molecule has 0 amide bonds. The topological polar surface area (TPSA) is 254 Å². The lowest BCUT2D eigenvalue weighted by Crippen LogP contribution is -2.31. The Hall–Kier alpha value is -2.44. The minimum absolute atomic E-state index is 0.0129. The summed E-state index contributed by atoms with van der Waals surface area (Å²) in [6.45, 7) is 4.04. The molecule has 0 aliphatic heterocycles. The third kappa shape index (κ3) is 26.5. The van der Waals surface area contributed by atoms with Crippen LogP contribution in [0.25, 0.3) is 0 Å². The Balaban J connectivity index is -0.000000333. The molecule has 154 valence electrons. The van der Waals surface area contributed by atoms with Crippen LogP contribution in [-0.2, 0) is 14.4 Å². The average molecular weight is 380 g/mol. The number of rotatable bonds is 9. The fourth-order valence-electron chi connectivity index (χ4n) is 1.25. The first-order chi connectivity index (χ1) is 11.8. The molecule has 0 rings (SSSR count). The Kier molecular flexibility index (Phi) is 19.0. The molecule has 0 fully saturated rings. The predicted molar refractivity (Wildman–Crippen MR) is 97.3 cm³/mol. The molecule has 0 aromatic rings. The standard InChI is InChI=1S/C6H14N4O2.C6H13NO2.C2H5NO2/c7-4(5(11)12)2-1-3-10-6(8)9;1-4(2)3-5(7)6(8)9;3-1-2(4)5/h4H,1-3,7H2,(H,11,12)(H4,8,9,10);4-5H,3,7H2,1-2H3,(H,8,9);1,3H2,(H,4,5). The average Bonchev–Trinajstić information content (AvgIpc) is 2.51. The van der Waals surface area contributed by atoms with Gasteiger partial charge >= 0.3 is 17.9 Å². The molecule has 0 heterocycles. The van der Waals surface area contributed by atoms with Crippen molar-refractivity contribution >= 4 is 23.9 Å². The van der Waals surface area contributed by atoms with E-state index >= 15 is 0 Å². The molecule has 0 aromatic carbocycles. The van der Waals surface area contributed by atoms with E-state index in [4.69, 9.17) is 38.3 Å². The van der Waals surface area contributed by atoms with Crippen molar-refractivity contribution in [1.29, 1.82) is 0 Å². The fourth-order valence-corrected chi connectivity index (χ4v) is 1.25. The van der Waals surface area contributed by atoms with Crippen LogP contribution in [0.4, 0.5) is 0 Å². The van der Waals surface area contributed by atoms with E-state index in [9.17, 15) is 14.4 Å². The predicted octanol–water partition coefficient (Wildman–Crippen LogP) is -2.07. The van der Waals surface area contributed by atoms with E-state index < -0.39 is 30.0 Å². The highest BCUT2D eigenvalue weighted by Gasteiger charge is 2.12. The lowest BCUT2D eigenvalue weighted by Gasteiger charge is -2.07. The number of guanidine groups is 1. The number of aliphatic carboxylic acids is 3. The summed E-state index contributed by atoms with van der Waals surface area (Å²) in [6.07, 6.45) is 1.51. The van der Waals surface area contributed by atoms with E-state index in [2.05, 4.69) is 10.7 Å². The number of nitrogens with zero attached hydrogens (tertiary/aromatic N) is 1. The second-order valence-electron chi connectivity index (χ2n) is 5.57. The van der Waals surface area contributed by atoms with Gasteiger partial charge in [0.15, 0.2) is 5.96 Å². The largest absolute Gasteiger partial charge is 0.480 e. The van der Waals surface area contributed by atoms with E-state index in [1.54, 1.807) is 0 Å². The first-order valence-electron chi connectivity index (χ1n) is 7.79. The Labute approximate surface area is 152 Å². The van der Waals surface area contributed by atoms with Crippen molar-refractivity contribution in [3.05, 3.63) is 0 Å². The van der Waals surface area contributed by atoms with Gasteiger partial charge in [0.2, 0.25) is 0 Å². The Morgan fingerprint density at radius 1 is 0.962 bits per heavy atom. The van der Waals surface area contributed by atoms with Crippen molar-refractivity contribution in [3.63, 3.8) is 0 Å². The van der Waals surface area contributed by atoms with Crippen LogP contribution in [0.15, 0.2) is 4.99 Å². The molecular weight excluding hydrogens is 348 g/mol. The molecule has 2 unspecified atom stereocenters. The van der Waals surface area contributed by atoms with Gasteiger partial charge in [0.25, 0.3) is 0 Å². The molecule has 0 saturated carbocycles. The number of aliphatic imine (C=N–C) groups is 1. The second kappa shape index (κ2) is 17.4. The summed E-state index contributed by atoms with van der Waals surface area (Å²) in [4.78, 5) is 33.2. The molecule has 0 aromatic heterocycles. The molecule has 0 spiro atoms. The zero-order chi connectivity index (χ0) is 21.3. The summed E-state index contributed by atoms with van der Waals surface area (Å²) in [5.74, 6) is -2.51. The summed E-state index contributed by atoms with van der Waals surface area (Å²) in [5, 5.41) is 24.3.